The van der Waals surface area contributed by atoms with Gasteiger partial charge in [-0.25, -0.2) is 10.9 Å². The fourth-order valence-corrected chi connectivity index (χ4v) is 3.57. The molecule has 1 aromatic rings. The normalized spacial score (nSPS) is 28.7. The summed E-state index contributed by atoms with van der Waals surface area (Å²) >= 11 is 0. The molecule has 3 N–H and O–H groups in total. The van der Waals surface area contributed by atoms with Gasteiger partial charge in [-0.05, 0) is 62.9 Å². The Bertz CT molecular complexity index is 509. The van der Waals surface area contributed by atoms with Gasteiger partial charge in [-0.15, -0.1) is 0 Å². The standard InChI is InChI=1S/C17H27N5O/c1-22-10-2-3-13(12-22)4-9-19-17(23)16-11-15(20-21-16)14-5-7-18-8-6-14/h5-8,13,15-16,20-21H,2-4,9-12H2,1H3,(H,19,23). The Balaban J connectivity index is 1.39. The number of hydrazine groups is 1. The van der Waals surface area contributed by atoms with E-state index in [1.807, 2.05) is 12.1 Å². The van der Waals surface area contributed by atoms with Gasteiger partial charge in [-0.2, -0.15) is 0 Å². The number of piperidine rings is 1. The first-order valence-corrected chi connectivity index (χ1v) is 8.59. The Hall–Kier alpha value is -1.50. The molecule has 0 bridgehead atoms. The maximum atomic E-state index is 12.3. The zero-order valence-electron chi connectivity index (χ0n) is 13.8. The van der Waals surface area contributed by atoms with Crippen molar-refractivity contribution in [2.45, 2.75) is 37.8 Å². The van der Waals surface area contributed by atoms with Crippen molar-refractivity contribution in [2.24, 2.45) is 5.92 Å². The fourth-order valence-electron chi connectivity index (χ4n) is 3.57. The van der Waals surface area contributed by atoms with E-state index in [-0.39, 0.29) is 18.0 Å². The Morgan fingerprint density at radius 2 is 2.22 bits per heavy atom. The molecule has 3 heterocycles. The molecule has 2 aliphatic rings. The van der Waals surface area contributed by atoms with Crippen LogP contribution in [0, 0.1) is 5.92 Å². The highest BCUT2D eigenvalue weighted by molar-refractivity contribution is 5.82. The predicted octanol–water partition coefficient (Wildman–Crippen LogP) is 0.837. The third kappa shape index (κ3) is 4.50. The lowest BCUT2D eigenvalue weighted by Crippen LogP contribution is -2.44. The number of aromatic nitrogens is 1. The summed E-state index contributed by atoms with van der Waals surface area (Å²) in [4.78, 5) is 18.7. The molecule has 0 aromatic carbocycles. The first-order chi connectivity index (χ1) is 11.2. The van der Waals surface area contributed by atoms with Gasteiger partial charge in [-0.3, -0.25) is 9.78 Å². The fraction of sp³-hybridized carbons (Fsp3) is 0.647. The molecule has 0 saturated carbocycles. The monoisotopic (exact) mass is 317 g/mol. The lowest BCUT2D eigenvalue weighted by molar-refractivity contribution is -0.122. The number of nitrogens with one attached hydrogen (secondary N) is 3. The molecule has 2 saturated heterocycles. The van der Waals surface area contributed by atoms with E-state index in [2.05, 4.69) is 33.1 Å². The van der Waals surface area contributed by atoms with Gasteiger partial charge in [0.1, 0.15) is 6.04 Å². The Morgan fingerprint density at radius 1 is 1.39 bits per heavy atom. The summed E-state index contributed by atoms with van der Waals surface area (Å²) in [6.07, 6.45) is 7.97. The Labute approximate surface area is 138 Å². The van der Waals surface area contributed by atoms with Gasteiger partial charge < -0.3 is 10.2 Å². The number of nitrogens with zero attached hydrogens (tertiary/aromatic N) is 2. The maximum absolute atomic E-state index is 12.3. The van der Waals surface area contributed by atoms with Crippen molar-refractivity contribution in [3.8, 4) is 0 Å². The van der Waals surface area contributed by atoms with Crippen LogP contribution in [0.25, 0.3) is 0 Å². The minimum absolute atomic E-state index is 0.0956. The van der Waals surface area contributed by atoms with Gasteiger partial charge in [0.25, 0.3) is 0 Å². The number of amides is 1. The van der Waals surface area contributed by atoms with E-state index in [1.54, 1.807) is 12.4 Å². The Morgan fingerprint density at radius 3 is 3.00 bits per heavy atom. The van der Waals surface area contributed by atoms with Crippen LogP contribution in [0.3, 0.4) is 0 Å². The number of hydrogen-bond donors (Lipinski definition) is 3. The predicted molar refractivity (Wildman–Crippen MR) is 89.5 cm³/mol. The van der Waals surface area contributed by atoms with Crippen LogP contribution in [0.1, 0.15) is 37.3 Å². The SMILES string of the molecule is CN1CCCC(CCNC(=O)C2CC(c3ccncc3)NN2)C1. The number of pyridine rings is 1. The van der Waals surface area contributed by atoms with E-state index < -0.39 is 0 Å². The number of carbonyl (C=O) groups is 1. The van der Waals surface area contributed by atoms with Crippen molar-refractivity contribution < 1.29 is 4.79 Å². The van der Waals surface area contributed by atoms with Crippen molar-refractivity contribution in [2.75, 3.05) is 26.7 Å². The van der Waals surface area contributed by atoms with Crippen LogP contribution < -0.4 is 16.2 Å². The van der Waals surface area contributed by atoms with Gasteiger partial charge in [0.2, 0.25) is 5.91 Å². The van der Waals surface area contributed by atoms with E-state index in [4.69, 9.17) is 0 Å². The van der Waals surface area contributed by atoms with Crippen molar-refractivity contribution in [1.29, 1.82) is 0 Å². The lowest BCUT2D eigenvalue weighted by Gasteiger charge is -2.29. The lowest BCUT2D eigenvalue weighted by atomic mass is 9.95. The second-order valence-corrected chi connectivity index (χ2v) is 6.76. The molecule has 0 aliphatic carbocycles. The average Bonchev–Trinajstić information content (AvgIpc) is 3.06. The minimum Gasteiger partial charge on any atom is -0.355 e. The van der Waals surface area contributed by atoms with E-state index >= 15 is 0 Å². The zero-order valence-corrected chi connectivity index (χ0v) is 13.8. The molecule has 3 rings (SSSR count). The smallest absolute Gasteiger partial charge is 0.238 e. The molecule has 1 amide bonds. The van der Waals surface area contributed by atoms with Gasteiger partial charge in [-0.1, -0.05) is 0 Å². The molecule has 6 nitrogen and oxygen atoms in total. The zero-order chi connectivity index (χ0) is 16.1. The van der Waals surface area contributed by atoms with Crippen LogP contribution >= 0.6 is 0 Å². The summed E-state index contributed by atoms with van der Waals surface area (Å²) in [5.41, 5.74) is 7.47. The highest BCUT2D eigenvalue weighted by Gasteiger charge is 2.30. The first-order valence-electron chi connectivity index (χ1n) is 8.59. The summed E-state index contributed by atoms with van der Waals surface area (Å²) in [7, 11) is 2.18. The molecular formula is C17H27N5O. The third-order valence-electron chi connectivity index (χ3n) is 4.90. The molecule has 23 heavy (non-hydrogen) atoms. The van der Waals surface area contributed by atoms with Crippen LogP contribution in [0.4, 0.5) is 0 Å². The van der Waals surface area contributed by atoms with Gasteiger partial charge in [0.15, 0.2) is 0 Å². The van der Waals surface area contributed by atoms with Crippen molar-refractivity contribution in [1.82, 2.24) is 26.1 Å². The molecule has 0 radical (unpaired) electrons. The third-order valence-corrected chi connectivity index (χ3v) is 4.90. The molecule has 3 atom stereocenters. The number of carbonyl (C=O) groups excluding carboxylic acids is 1. The van der Waals surface area contributed by atoms with Crippen LogP contribution in [-0.4, -0.2) is 48.5 Å². The van der Waals surface area contributed by atoms with Gasteiger partial charge >= 0.3 is 0 Å². The molecule has 6 heteroatoms. The summed E-state index contributed by atoms with van der Waals surface area (Å²) in [6, 6.07) is 3.97. The first kappa shape index (κ1) is 16.4. The number of hydrogen-bond acceptors (Lipinski definition) is 5. The van der Waals surface area contributed by atoms with Gasteiger partial charge in [0, 0.05) is 31.5 Å². The average molecular weight is 317 g/mol. The summed E-state index contributed by atoms with van der Waals surface area (Å²) < 4.78 is 0. The van der Waals surface area contributed by atoms with E-state index in [0.29, 0.717) is 5.92 Å². The van der Waals surface area contributed by atoms with Gasteiger partial charge in [0.05, 0.1) is 0 Å². The second-order valence-electron chi connectivity index (χ2n) is 6.76. The summed E-state index contributed by atoms with van der Waals surface area (Å²) in [6.45, 7) is 3.13. The van der Waals surface area contributed by atoms with Crippen molar-refractivity contribution in [3.05, 3.63) is 30.1 Å². The molecular weight excluding hydrogens is 290 g/mol. The molecule has 3 unspecified atom stereocenters. The minimum atomic E-state index is -0.165. The Kier molecular flexibility index (Phi) is 5.59. The molecule has 1 aromatic heterocycles. The van der Waals surface area contributed by atoms with Crippen molar-refractivity contribution >= 4 is 5.91 Å². The maximum Gasteiger partial charge on any atom is 0.238 e. The van der Waals surface area contributed by atoms with E-state index in [1.165, 1.54) is 19.4 Å². The second kappa shape index (κ2) is 7.86. The highest BCUT2D eigenvalue weighted by atomic mass is 16.2. The molecule has 2 fully saturated rings. The number of likely N-dealkylation sites (tertiary alicyclic amines) is 1. The van der Waals surface area contributed by atoms with E-state index in [9.17, 15) is 4.79 Å². The summed E-state index contributed by atoms with van der Waals surface area (Å²) in [5.74, 6) is 0.812. The number of rotatable bonds is 5. The quantitative estimate of drug-likeness (QED) is 0.751. The topological polar surface area (TPSA) is 69.3 Å². The molecule has 126 valence electrons. The van der Waals surface area contributed by atoms with Crippen LogP contribution in [0.2, 0.25) is 0 Å². The largest absolute Gasteiger partial charge is 0.355 e. The summed E-state index contributed by atoms with van der Waals surface area (Å²) in [5, 5.41) is 3.09. The van der Waals surface area contributed by atoms with Crippen LogP contribution in [0.15, 0.2) is 24.5 Å². The van der Waals surface area contributed by atoms with E-state index in [0.717, 1.165) is 31.5 Å². The molecule has 0 spiro atoms. The molecule has 2 aliphatic heterocycles. The van der Waals surface area contributed by atoms with Crippen LogP contribution in [-0.2, 0) is 4.79 Å². The van der Waals surface area contributed by atoms with Crippen LogP contribution in [0.5, 0.6) is 0 Å². The highest BCUT2D eigenvalue weighted by Crippen LogP contribution is 2.21. The van der Waals surface area contributed by atoms with Crippen molar-refractivity contribution in [3.63, 3.8) is 0 Å².